The Bertz CT molecular complexity index is 603. The van der Waals surface area contributed by atoms with Crippen molar-refractivity contribution in [2.45, 2.75) is 44.8 Å². The molecule has 1 aliphatic carbocycles. The van der Waals surface area contributed by atoms with Crippen molar-refractivity contribution in [2.24, 2.45) is 0 Å². The van der Waals surface area contributed by atoms with Gasteiger partial charge in [0.25, 0.3) is 0 Å². The second-order valence-corrected chi connectivity index (χ2v) is 5.53. The summed E-state index contributed by atoms with van der Waals surface area (Å²) in [4.78, 5) is 4.04. The van der Waals surface area contributed by atoms with Crippen LogP contribution in [0.15, 0.2) is 24.8 Å². The van der Waals surface area contributed by atoms with Crippen LogP contribution in [0, 0.1) is 0 Å². The third-order valence-electron chi connectivity index (χ3n) is 4.19. The smallest absolute Gasteiger partial charge is 0.319 e. The van der Waals surface area contributed by atoms with Crippen LogP contribution in [-0.2, 0) is 13.0 Å². The van der Waals surface area contributed by atoms with Crippen molar-refractivity contribution in [1.82, 2.24) is 19.4 Å². The average Bonchev–Trinajstić information content (AvgIpc) is 3.03. The minimum Gasteiger partial charge on any atom is -0.346 e. The Morgan fingerprint density at radius 2 is 2.24 bits per heavy atom. The molecule has 0 aliphatic heterocycles. The van der Waals surface area contributed by atoms with Gasteiger partial charge in [-0.3, -0.25) is 4.57 Å². The molecule has 0 radical (unpaired) electrons. The Balaban J connectivity index is 1.86. The molecular weight excluding hydrogens is 274 g/mol. The van der Waals surface area contributed by atoms with E-state index in [4.69, 9.17) is 0 Å². The molecule has 1 atom stereocenters. The van der Waals surface area contributed by atoms with Gasteiger partial charge in [0, 0.05) is 30.8 Å². The summed E-state index contributed by atoms with van der Waals surface area (Å²) in [6.07, 6.45) is 11.5. The number of fused-ring (bicyclic) bond motifs is 1. The molecule has 21 heavy (non-hydrogen) atoms. The molecule has 6 heteroatoms. The van der Waals surface area contributed by atoms with Crippen LogP contribution in [0.2, 0.25) is 0 Å². The Hall–Kier alpha value is -1.69. The van der Waals surface area contributed by atoms with Crippen molar-refractivity contribution in [3.63, 3.8) is 0 Å². The molecule has 0 saturated heterocycles. The number of alkyl halides is 2. The maximum absolute atomic E-state index is 12.9. The van der Waals surface area contributed by atoms with E-state index in [1.165, 1.54) is 36.4 Å². The molecule has 2 aromatic heterocycles. The largest absolute Gasteiger partial charge is 0.346 e. The zero-order valence-electron chi connectivity index (χ0n) is 12.1. The predicted molar refractivity (Wildman–Crippen MR) is 76.4 cm³/mol. The molecule has 114 valence electrons. The molecule has 3 rings (SSSR count). The fourth-order valence-corrected chi connectivity index (χ4v) is 3.11. The Morgan fingerprint density at radius 1 is 1.38 bits per heavy atom. The standard InChI is InChI=1S/C15H20F2N4/c1-18-13-5-3-2-4-11-8-20(9-12(11)13)10-14-19-6-7-21(14)15(16)17/h6-9,13,15,18H,2-5,10H2,1H3. The highest BCUT2D eigenvalue weighted by Crippen LogP contribution is 2.29. The number of aromatic nitrogens is 3. The molecule has 2 heterocycles. The first kappa shape index (κ1) is 14.3. The summed E-state index contributed by atoms with van der Waals surface area (Å²) >= 11 is 0. The van der Waals surface area contributed by atoms with E-state index in [0.29, 0.717) is 18.4 Å². The fourth-order valence-electron chi connectivity index (χ4n) is 3.11. The third kappa shape index (κ3) is 2.85. The lowest BCUT2D eigenvalue weighted by Crippen LogP contribution is -2.15. The number of hydrogen-bond donors (Lipinski definition) is 1. The second kappa shape index (κ2) is 5.97. The van der Waals surface area contributed by atoms with E-state index in [2.05, 4.69) is 22.7 Å². The molecule has 0 spiro atoms. The van der Waals surface area contributed by atoms with Crippen LogP contribution in [0.3, 0.4) is 0 Å². The van der Waals surface area contributed by atoms with Gasteiger partial charge in [0.1, 0.15) is 5.82 Å². The SMILES string of the molecule is CNC1CCCCc2cn(Cc3nccn3C(F)F)cc21. The average molecular weight is 294 g/mol. The van der Waals surface area contributed by atoms with E-state index in [0.717, 1.165) is 17.4 Å². The summed E-state index contributed by atoms with van der Waals surface area (Å²) in [7, 11) is 1.97. The summed E-state index contributed by atoms with van der Waals surface area (Å²) in [6.45, 7) is -2.17. The first-order valence-electron chi connectivity index (χ1n) is 7.34. The lowest BCUT2D eigenvalue weighted by atomic mass is 10.1. The maximum atomic E-state index is 12.9. The third-order valence-corrected chi connectivity index (χ3v) is 4.19. The lowest BCUT2D eigenvalue weighted by Gasteiger charge is -2.13. The predicted octanol–water partition coefficient (Wildman–Crippen LogP) is 3.11. The Labute approximate surface area is 122 Å². The van der Waals surface area contributed by atoms with Gasteiger partial charge in [0.15, 0.2) is 0 Å². The topological polar surface area (TPSA) is 34.8 Å². The van der Waals surface area contributed by atoms with Crippen LogP contribution in [0.5, 0.6) is 0 Å². The summed E-state index contributed by atoms with van der Waals surface area (Å²) in [5, 5.41) is 3.35. The molecule has 0 bridgehead atoms. The van der Waals surface area contributed by atoms with Gasteiger partial charge in [0.2, 0.25) is 0 Å². The number of hydrogen-bond acceptors (Lipinski definition) is 2. The van der Waals surface area contributed by atoms with Crippen LogP contribution in [0.25, 0.3) is 0 Å². The van der Waals surface area contributed by atoms with E-state index in [1.807, 2.05) is 11.6 Å². The van der Waals surface area contributed by atoms with Crippen LogP contribution in [0.1, 0.15) is 48.8 Å². The van der Waals surface area contributed by atoms with Crippen molar-refractivity contribution in [3.8, 4) is 0 Å². The number of rotatable bonds is 4. The van der Waals surface area contributed by atoms with Crippen molar-refractivity contribution < 1.29 is 8.78 Å². The molecule has 2 aromatic rings. The van der Waals surface area contributed by atoms with Gasteiger partial charge >= 0.3 is 6.55 Å². The van der Waals surface area contributed by atoms with Crippen molar-refractivity contribution in [1.29, 1.82) is 0 Å². The molecule has 0 saturated carbocycles. The highest BCUT2D eigenvalue weighted by Gasteiger charge is 2.20. The van der Waals surface area contributed by atoms with Gasteiger partial charge in [-0.1, -0.05) is 6.42 Å². The molecule has 0 amide bonds. The zero-order valence-corrected chi connectivity index (χ0v) is 12.1. The summed E-state index contributed by atoms with van der Waals surface area (Å²) in [6, 6.07) is 0.360. The number of aryl methyl sites for hydroxylation is 1. The molecule has 0 aromatic carbocycles. The molecule has 1 aliphatic rings. The normalized spacial score (nSPS) is 18.8. The lowest BCUT2D eigenvalue weighted by molar-refractivity contribution is 0.0667. The minimum atomic E-state index is -2.54. The van der Waals surface area contributed by atoms with Crippen LogP contribution < -0.4 is 5.32 Å². The number of halogens is 2. The number of imidazole rings is 1. The van der Waals surface area contributed by atoms with E-state index < -0.39 is 6.55 Å². The van der Waals surface area contributed by atoms with Gasteiger partial charge in [-0.15, -0.1) is 0 Å². The van der Waals surface area contributed by atoms with E-state index in [9.17, 15) is 8.78 Å². The highest BCUT2D eigenvalue weighted by molar-refractivity contribution is 5.29. The van der Waals surface area contributed by atoms with Crippen LogP contribution in [0.4, 0.5) is 8.78 Å². The zero-order chi connectivity index (χ0) is 14.8. The minimum absolute atomic E-state index is 0.360. The van der Waals surface area contributed by atoms with Crippen molar-refractivity contribution >= 4 is 0 Å². The van der Waals surface area contributed by atoms with Gasteiger partial charge in [0.05, 0.1) is 6.54 Å². The van der Waals surface area contributed by atoms with Crippen molar-refractivity contribution in [2.75, 3.05) is 7.05 Å². The van der Waals surface area contributed by atoms with Crippen LogP contribution in [-0.4, -0.2) is 21.2 Å². The van der Waals surface area contributed by atoms with Gasteiger partial charge < -0.3 is 9.88 Å². The van der Waals surface area contributed by atoms with Gasteiger partial charge in [-0.2, -0.15) is 8.78 Å². The van der Waals surface area contributed by atoms with E-state index >= 15 is 0 Å². The maximum Gasteiger partial charge on any atom is 0.319 e. The summed E-state index contributed by atoms with van der Waals surface area (Å²) in [5.41, 5.74) is 2.62. The Kier molecular flexibility index (Phi) is 4.05. The fraction of sp³-hybridized carbons (Fsp3) is 0.533. The van der Waals surface area contributed by atoms with Gasteiger partial charge in [-0.25, -0.2) is 4.98 Å². The van der Waals surface area contributed by atoms with Crippen LogP contribution >= 0.6 is 0 Å². The first-order chi connectivity index (χ1) is 10.2. The quantitative estimate of drug-likeness (QED) is 0.879. The van der Waals surface area contributed by atoms with Gasteiger partial charge in [-0.05, 0) is 37.4 Å². The molecule has 4 nitrogen and oxygen atoms in total. The second-order valence-electron chi connectivity index (χ2n) is 5.53. The number of nitrogens with zero attached hydrogens (tertiary/aromatic N) is 3. The molecule has 1 N–H and O–H groups in total. The summed E-state index contributed by atoms with van der Waals surface area (Å²) in [5.74, 6) is 0.385. The monoisotopic (exact) mass is 294 g/mol. The molecule has 1 unspecified atom stereocenters. The molecule has 0 fully saturated rings. The van der Waals surface area contributed by atoms with Crippen molar-refractivity contribution in [3.05, 3.63) is 41.7 Å². The highest BCUT2D eigenvalue weighted by atomic mass is 19.3. The first-order valence-corrected chi connectivity index (χ1v) is 7.34. The number of nitrogens with one attached hydrogen (secondary N) is 1. The molecular formula is C15H20F2N4. The Morgan fingerprint density at radius 3 is 3.00 bits per heavy atom. The van der Waals surface area contributed by atoms with E-state index in [1.54, 1.807) is 0 Å². The van der Waals surface area contributed by atoms with E-state index in [-0.39, 0.29) is 0 Å². The summed E-state index contributed by atoms with van der Waals surface area (Å²) < 4.78 is 28.6.